The number of ether oxygens (including phenoxy) is 2. The fourth-order valence-corrected chi connectivity index (χ4v) is 2.67. The first-order valence-electron chi connectivity index (χ1n) is 10.8. The summed E-state index contributed by atoms with van der Waals surface area (Å²) < 4.78 is 11.4. The van der Waals surface area contributed by atoms with Crippen LogP contribution in [0.15, 0.2) is 60.2 Å². The second-order valence-electron chi connectivity index (χ2n) is 6.93. The minimum atomic E-state index is 0.325. The van der Waals surface area contributed by atoms with Gasteiger partial charge in [-0.2, -0.15) is 0 Å². The Morgan fingerprint density at radius 1 is 1.00 bits per heavy atom. The molecule has 0 saturated heterocycles. The number of anilines is 1. The van der Waals surface area contributed by atoms with Crippen LogP contribution in [0.3, 0.4) is 0 Å². The van der Waals surface area contributed by atoms with E-state index in [1.54, 1.807) is 0 Å². The lowest BCUT2D eigenvalue weighted by Gasteiger charge is -2.25. The van der Waals surface area contributed by atoms with Gasteiger partial charge in [-0.15, -0.1) is 0 Å². The third-order valence-corrected chi connectivity index (χ3v) is 4.57. The summed E-state index contributed by atoms with van der Waals surface area (Å²) in [6.07, 6.45) is 7.09. The van der Waals surface area contributed by atoms with E-state index in [-0.39, 0.29) is 0 Å². The predicted molar refractivity (Wildman–Crippen MR) is 128 cm³/mol. The first-order chi connectivity index (χ1) is 15.0. The number of rotatable bonds is 17. The Balaban J connectivity index is 2.82. The summed E-state index contributed by atoms with van der Waals surface area (Å²) in [5.41, 5.74) is 2.84. The average Bonchev–Trinajstić information content (AvgIpc) is 2.79. The van der Waals surface area contributed by atoms with Gasteiger partial charge in [0.15, 0.2) is 0 Å². The first kappa shape index (κ1) is 26.0. The van der Waals surface area contributed by atoms with E-state index in [1.165, 1.54) is 0 Å². The monoisotopic (exact) mass is 428 g/mol. The van der Waals surface area contributed by atoms with Crippen molar-refractivity contribution in [2.24, 2.45) is 5.16 Å². The largest absolute Gasteiger partial charge is 0.497 e. The molecule has 0 radical (unpaired) electrons. The number of benzene rings is 1. The van der Waals surface area contributed by atoms with E-state index in [0.29, 0.717) is 19.7 Å². The van der Waals surface area contributed by atoms with Crippen molar-refractivity contribution >= 4 is 23.9 Å². The van der Waals surface area contributed by atoms with Crippen molar-refractivity contribution in [3.05, 3.63) is 60.6 Å². The van der Waals surface area contributed by atoms with Crippen molar-refractivity contribution in [1.82, 2.24) is 0 Å². The van der Waals surface area contributed by atoms with E-state index < -0.39 is 0 Å². The summed E-state index contributed by atoms with van der Waals surface area (Å²) in [5, 5.41) is 3.81. The van der Waals surface area contributed by atoms with Crippen LogP contribution in [0.4, 0.5) is 5.69 Å². The van der Waals surface area contributed by atoms with Gasteiger partial charge >= 0.3 is 6.47 Å². The minimum absolute atomic E-state index is 0.325. The third-order valence-electron chi connectivity index (χ3n) is 4.57. The average molecular weight is 429 g/mol. The molecule has 0 aliphatic carbocycles. The fraction of sp³-hybridized carbons (Fsp3) is 0.440. The van der Waals surface area contributed by atoms with Crippen LogP contribution in [0.5, 0.6) is 0 Å². The van der Waals surface area contributed by atoms with Crippen molar-refractivity contribution in [2.45, 2.75) is 46.5 Å². The SMILES string of the molecule is C=C(CC)OCCN(CCOC(=C)CC)c1ccc(C=CC(CCC)=NOC=O)cc1. The van der Waals surface area contributed by atoms with E-state index in [1.807, 2.05) is 45.1 Å². The number of carbonyl (C=O) groups excluding carboxylic acids is 1. The second-order valence-corrected chi connectivity index (χ2v) is 6.93. The Kier molecular flexibility index (Phi) is 13.2. The summed E-state index contributed by atoms with van der Waals surface area (Å²) in [4.78, 5) is 17.1. The Morgan fingerprint density at radius 3 is 2.06 bits per heavy atom. The van der Waals surface area contributed by atoms with Gasteiger partial charge in [-0.3, -0.25) is 4.79 Å². The Morgan fingerprint density at radius 2 is 1.58 bits per heavy atom. The van der Waals surface area contributed by atoms with Gasteiger partial charge < -0.3 is 19.2 Å². The molecule has 6 nitrogen and oxygen atoms in total. The van der Waals surface area contributed by atoms with Crippen LogP contribution in [0.25, 0.3) is 6.08 Å². The van der Waals surface area contributed by atoms with Gasteiger partial charge in [-0.25, -0.2) is 0 Å². The zero-order valence-electron chi connectivity index (χ0n) is 19.1. The molecular formula is C25H36N2O4. The molecule has 0 aromatic heterocycles. The van der Waals surface area contributed by atoms with Gasteiger partial charge in [0, 0.05) is 18.5 Å². The lowest BCUT2D eigenvalue weighted by molar-refractivity contribution is -0.128. The van der Waals surface area contributed by atoms with Crippen LogP contribution in [-0.2, 0) is 19.1 Å². The molecule has 0 unspecified atom stereocenters. The highest BCUT2D eigenvalue weighted by Crippen LogP contribution is 2.17. The van der Waals surface area contributed by atoms with Crippen LogP contribution in [0.2, 0.25) is 0 Å². The van der Waals surface area contributed by atoms with Crippen LogP contribution < -0.4 is 4.90 Å². The van der Waals surface area contributed by atoms with E-state index in [9.17, 15) is 4.79 Å². The third kappa shape index (κ3) is 11.1. The number of hydrogen-bond donors (Lipinski definition) is 0. The molecule has 0 saturated carbocycles. The molecule has 0 amide bonds. The number of carbonyl (C=O) groups is 1. The molecule has 6 heteroatoms. The van der Waals surface area contributed by atoms with Gasteiger partial charge in [-0.05, 0) is 30.2 Å². The topological polar surface area (TPSA) is 60.4 Å². The molecule has 0 heterocycles. The van der Waals surface area contributed by atoms with Crippen molar-refractivity contribution in [3.8, 4) is 0 Å². The van der Waals surface area contributed by atoms with Gasteiger partial charge in [-0.1, -0.05) is 63.7 Å². The van der Waals surface area contributed by atoms with E-state index >= 15 is 0 Å². The van der Waals surface area contributed by atoms with Crippen LogP contribution >= 0.6 is 0 Å². The van der Waals surface area contributed by atoms with Crippen molar-refractivity contribution < 1.29 is 19.1 Å². The summed E-state index contributed by atoms with van der Waals surface area (Å²) in [7, 11) is 0. The number of oxime groups is 1. The minimum Gasteiger partial charge on any atom is -0.497 e. The quantitative estimate of drug-likeness (QED) is 0.104. The molecule has 0 atom stereocenters. The number of nitrogens with zero attached hydrogens (tertiary/aromatic N) is 2. The standard InChI is InChI=1S/C25H36N2O4/c1-6-9-24(26-31-20-28)13-10-23-11-14-25(15-12-23)27(16-18-29-21(4)7-2)17-19-30-22(5)8-3/h10-15,20H,4-9,16-19H2,1-3H3. The van der Waals surface area contributed by atoms with Crippen LogP contribution in [0.1, 0.15) is 52.0 Å². The van der Waals surface area contributed by atoms with Crippen molar-refractivity contribution in [1.29, 1.82) is 0 Å². The van der Waals surface area contributed by atoms with Crippen LogP contribution in [-0.4, -0.2) is 38.5 Å². The molecule has 0 bridgehead atoms. The molecule has 1 aromatic rings. The second kappa shape index (κ2) is 15.8. The highest BCUT2D eigenvalue weighted by molar-refractivity contribution is 5.98. The molecule has 0 aliphatic rings. The van der Waals surface area contributed by atoms with E-state index in [2.05, 4.69) is 40.2 Å². The van der Waals surface area contributed by atoms with Gasteiger partial charge in [0.1, 0.15) is 13.2 Å². The number of hydrogen-bond acceptors (Lipinski definition) is 6. The zero-order chi connectivity index (χ0) is 22.9. The lowest BCUT2D eigenvalue weighted by Crippen LogP contribution is -2.30. The maximum Gasteiger partial charge on any atom is 0.323 e. The fourth-order valence-electron chi connectivity index (χ4n) is 2.67. The van der Waals surface area contributed by atoms with Gasteiger partial charge in [0.2, 0.25) is 0 Å². The Labute approximate surface area is 186 Å². The Hall–Kier alpha value is -3.02. The molecule has 0 aliphatic heterocycles. The van der Waals surface area contributed by atoms with Crippen LogP contribution in [0, 0.1) is 0 Å². The maximum atomic E-state index is 10.4. The van der Waals surface area contributed by atoms with Crippen molar-refractivity contribution in [2.75, 3.05) is 31.2 Å². The predicted octanol–water partition coefficient (Wildman–Crippen LogP) is 5.72. The molecule has 31 heavy (non-hydrogen) atoms. The van der Waals surface area contributed by atoms with Crippen molar-refractivity contribution in [3.63, 3.8) is 0 Å². The normalized spacial score (nSPS) is 11.3. The highest BCUT2D eigenvalue weighted by Gasteiger charge is 2.08. The lowest BCUT2D eigenvalue weighted by atomic mass is 10.1. The Bertz CT molecular complexity index is 716. The molecule has 1 aromatic carbocycles. The maximum absolute atomic E-state index is 10.4. The summed E-state index contributed by atoms with van der Waals surface area (Å²) in [5.74, 6) is 1.58. The zero-order valence-corrected chi connectivity index (χ0v) is 19.1. The first-order valence-corrected chi connectivity index (χ1v) is 10.8. The summed E-state index contributed by atoms with van der Waals surface area (Å²) >= 11 is 0. The molecule has 0 spiro atoms. The van der Waals surface area contributed by atoms with Gasteiger partial charge in [0.25, 0.3) is 0 Å². The number of allylic oxidation sites excluding steroid dienone is 3. The molecule has 1 rings (SSSR count). The van der Waals surface area contributed by atoms with Gasteiger partial charge in [0.05, 0.1) is 30.3 Å². The smallest absolute Gasteiger partial charge is 0.323 e. The molecule has 170 valence electrons. The summed E-state index contributed by atoms with van der Waals surface area (Å²) in [6, 6.07) is 8.23. The summed E-state index contributed by atoms with van der Waals surface area (Å²) in [6.45, 7) is 16.8. The molecular weight excluding hydrogens is 392 g/mol. The van der Waals surface area contributed by atoms with E-state index in [0.717, 1.165) is 67.3 Å². The molecule has 0 N–H and O–H groups in total. The van der Waals surface area contributed by atoms with E-state index in [4.69, 9.17) is 9.47 Å². The highest BCUT2D eigenvalue weighted by atomic mass is 16.7. The molecule has 0 fully saturated rings.